The molecule has 0 atom stereocenters. The van der Waals surface area contributed by atoms with E-state index in [9.17, 15) is 9.59 Å². The Bertz CT molecular complexity index is 1330. The normalized spacial score (nSPS) is 19.2. The van der Waals surface area contributed by atoms with Crippen molar-refractivity contribution in [3.8, 4) is 5.69 Å². The first-order valence-corrected chi connectivity index (χ1v) is 12.4. The molecule has 186 valence electrons. The van der Waals surface area contributed by atoms with Gasteiger partial charge in [-0.1, -0.05) is 6.07 Å². The molecule has 2 saturated heterocycles. The first-order valence-electron chi connectivity index (χ1n) is 12.4. The maximum atomic E-state index is 13.0. The van der Waals surface area contributed by atoms with Crippen LogP contribution in [0.5, 0.6) is 0 Å². The van der Waals surface area contributed by atoms with Crippen molar-refractivity contribution >= 4 is 17.7 Å². The van der Waals surface area contributed by atoms with Crippen LogP contribution in [0.3, 0.4) is 0 Å². The van der Waals surface area contributed by atoms with E-state index in [4.69, 9.17) is 9.72 Å². The van der Waals surface area contributed by atoms with Crippen molar-refractivity contribution in [3.63, 3.8) is 0 Å². The zero-order valence-corrected chi connectivity index (χ0v) is 20.6. The molecular weight excluding hydrogens is 458 g/mol. The van der Waals surface area contributed by atoms with Gasteiger partial charge in [-0.15, -0.1) is 5.10 Å². The highest BCUT2D eigenvalue weighted by Gasteiger charge is 2.45. The Kier molecular flexibility index (Phi) is 5.55. The van der Waals surface area contributed by atoms with Gasteiger partial charge in [0.15, 0.2) is 0 Å². The second kappa shape index (κ2) is 8.77. The van der Waals surface area contributed by atoms with Gasteiger partial charge in [0.1, 0.15) is 18.8 Å². The molecule has 6 rings (SSSR count). The van der Waals surface area contributed by atoms with Crippen LogP contribution in [0.1, 0.15) is 52.0 Å². The predicted molar refractivity (Wildman–Crippen MR) is 131 cm³/mol. The molecule has 0 unspecified atom stereocenters. The zero-order chi connectivity index (χ0) is 24.9. The van der Waals surface area contributed by atoms with Crippen LogP contribution in [0.15, 0.2) is 30.6 Å². The summed E-state index contributed by atoms with van der Waals surface area (Å²) < 4.78 is 6.77. The monoisotopic (exact) mass is 487 g/mol. The maximum absolute atomic E-state index is 13.0. The van der Waals surface area contributed by atoms with Gasteiger partial charge in [0.05, 0.1) is 16.9 Å². The van der Waals surface area contributed by atoms with Crippen LogP contribution in [0.2, 0.25) is 0 Å². The summed E-state index contributed by atoms with van der Waals surface area (Å²) in [5.74, 6) is 0.633. The van der Waals surface area contributed by atoms with E-state index in [0.29, 0.717) is 31.0 Å². The van der Waals surface area contributed by atoms with Crippen LogP contribution in [-0.4, -0.2) is 68.1 Å². The van der Waals surface area contributed by atoms with Gasteiger partial charge in [-0.25, -0.2) is 9.78 Å². The average Bonchev–Trinajstić information content (AvgIpc) is 3.60. The third-order valence-electron chi connectivity index (χ3n) is 8.13. The Morgan fingerprint density at radius 3 is 2.67 bits per heavy atom. The fourth-order valence-electron chi connectivity index (χ4n) is 5.84. The number of hydrogen-bond acceptors (Lipinski definition) is 8. The minimum absolute atomic E-state index is 0.0127. The summed E-state index contributed by atoms with van der Waals surface area (Å²) in [5, 5.41) is 11.3. The molecule has 1 aromatic carbocycles. The third kappa shape index (κ3) is 3.95. The molecule has 1 amide bonds. The number of carbonyl (C=O) groups is 2. The lowest BCUT2D eigenvalue weighted by atomic mass is 9.77. The van der Waals surface area contributed by atoms with E-state index in [0.717, 1.165) is 55.8 Å². The summed E-state index contributed by atoms with van der Waals surface area (Å²) >= 11 is 0. The SMILES string of the molecule is Cc1nc(N2CC3(CCN(CCc4ccc5c(c4C)COC5=O)CC3)CC2=O)ccc1-n1cnnn1. The number of cyclic esters (lactones) is 1. The molecule has 1 spiro atoms. The lowest BCUT2D eigenvalue weighted by Crippen LogP contribution is -2.42. The number of hydrogen-bond donors (Lipinski definition) is 0. The number of esters is 1. The van der Waals surface area contributed by atoms with E-state index < -0.39 is 0 Å². The fraction of sp³-hybridized carbons (Fsp3) is 0.462. The van der Waals surface area contributed by atoms with E-state index in [1.54, 1.807) is 4.68 Å². The van der Waals surface area contributed by atoms with Crippen molar-refractivity contribution in [1.29, 1.82) is 0 Å². The number of carbonyl (C=O) groups excluding carboxylic acids is 2. The molecule has 0 radical (unpaired) electrons. The van der Waals surface area contributed by atoms with Gasteiger partial charge in [-0.05, 0) is 91.4 Å². The fourth-order valence-corrected chi connectivity index (χ4v) is 5.84. The molecular formula is C26H29N7O3. The zero-order valence-electron chi connectivity index (χ0n) is 20.6. The first-order chi connectivity index (χ1) is 17.4. The Morgan fingerprint density at radius 2 is 1.92 bits per heavy atom. The molecule has 2 fully saturated rings. The van der Waals surface area contributed by atoms with Gasteiger partial charge in [0.25, 0.3) is 0 Å². The van der Waals surface area contributed by atoms with Crippen molar-refractivity contribution in [2.24, 2.45) is 5.41 Å². The minimum atomic E-state index is -0.213. The van der Waals surface area contributed by atoms with Gasteiger partial charge >= 0.3 is 5.97 Å². The number of nitrogens with zero attached hydrogens (tertiary/aromatic N) is 7. The van der Waals surface area contributed by atoms with Crippen LogP contribution >= 0.6 is 0 Å². The molecule has 10 nitrogen and oxygen atoms in total. The van der Waals surface area contributed by atoms with Crippen LogP contribution in [-0.2, 0) is 22.6 Å². The number of ether oxygens (including phenoxy) is 1. The number of amides is 1. The Balaban J connectivity index is 1.08. The summed E-state index contributed by atoms with van der Waals surface area (Å²) in [5.41, 5.74) is 5.80. The van der Waals surface area contributed by atoms with Crippen molar-refractivity contribution in [2.75, 3.05) is 31.1 Å². The summed E-state index contributed by atoms with van der Waals surface area (Å²) in [6.07, 6.45) is 5.07. The van der Waals surface area contributed by atoms with Gasteiger partial charge < -0.3 is 9.64 Å². The van der Waals surface area contributed by atoms with E-state index in [-0.39, 0.29) is 17.3 Å². The number of tetrazole rings is 1. The lowest BCUT2D eigenvalue weighted by molar-refractivity contribution is -0.118. The molecule has 0 N–H and O–H groups in total. The van der Waals surface area contributed by atoms with Crippen molar-refractivity contribution in [2.45, 2.75) is 46.1 Å². The highest BCUT2D eigenvalue weighted by Crippen LogP contribution is 2.42. The van der Waals surface area contributed by atoms with Gasteiger partial charge in [-0.2, -0.15) is 4.68 Å². The van der Waals surface area contributed by atoms with E-state index >= 15 is 0 Å². The largest absolute Gasteiger partial charge is 0.457 e. The molecule has 5 heterocycles. The number of fused-ring (bicyclic) bond motifs is 1. The van der Waals surface area contributed by atoms with Crippen molar-refractivity contribution < 1.29 is 14.3 Å². The molecule has 0 aliphatic carbocycles. The molecule has 36 heavy (non-hydrogen) atoms. The molecule has 3 aliphatic rings. The number of aromatic nitrogens is 5. The molecule has 3 aromatic rings. The standard InChI is InChI=1S/C26H29N7O3/c1-17-19(3-4-20-21(17)14-36-25(20)35)7-10-31-11-8-26(9-12-31)13-24(34)32(15-26)23-6-5-22(18(2)28-23)33-16-27-29-30-33/h3-6,16H,7-15H2,1-2H3. The minimum Gasteiger partial charge on any atom is -0.457 e. The van der Waals surface area contributed by atoms with E-state index in [1.165, 1.54) is 17.5 Å². The highest BCUT2D eigenvalue weighted by molar-refractivity contribution is 5.95. The molecule has 0 saturated carbocycles. The average molecular weight is 488 g/mol. The summed E-state index contributed by atoms with van der Waals surface area (Å²) in [4.78, 5) is 33.9. The molecule has 10 heteroatoms. The van der Waals surface area contributed by atoms with Gasteiger partial charge in [-0.3, -0.25) is 9.69 Å². The third-order valence-corrected chi connectivity index (χ3v) is 8.13. The first kappa shape index (κ1) is 22.8. The van der Waals surface area contributed by atoms with E-state index in [1.807, 2.05) is 30.0 Å². The highest BCUT2D eigenvalue weighted by atomic mass is 16.5. The number of benzene rings is 1. The Morgan fingerprint density at radius 1 is 1.08 bits per heavy atom. The predicted octanol–water partition coefficient (Wildman–Crippen LogP) is 2.41. The summed E-state index contributed by atoms with van der Waals surface area (Å²) in [6.45, 7) is 8.04. The number of anilines is 1. The maximum Gasteiger partial charge on any atom is 0.338 e. The quantitative estimate of drug-likeness (QED) is 0.505. The number of pyridine rings is 1. The topological polar surface area (TPSA) is 106 Å². The van der Waals surface area contributed by atoms with Crippen molar-refractivity contribution in [3.05, 3.63) is 58.5 Å². The molecule has 0 bridgehead atoms. The number of rotatable bonds is 5. The molecule has 3 aliphatic heterocycles. The molecule has 2 aromatic heterocycles. The Hall–Kier alpha value is -3.66. The second-order valence-corrected chi connectivity index (χ2v) is 10.2. The van der Waals surface area contributed by atoms with Gasteiger partial charge in [0.2, 0.25) is 5.91 Å². The van der Waals surface area contributed by atoms with Crippen molar-refractivity contribution in [1.82, 2.24) is 30.1 Å². The summed E-state index contributed by atoms with van der Waals surface area (Å²) in [7, 11) is 0. The number of aryl methyl sites for hydroxylation is 1. The van der Waals surface area contributed by atoms with Gasteiger partial charge in [0, 0.05) is 25.1 Å². The Labute approximate surface area is 209 Å². The lowest BCUT2D eigenvalue weighted by Gasteiger charge is -2.38. The summed E-state index contributed by atoms with van der Waals surface area (Å²) in [6, 6.07) is 7.77. The second-order valence-electron chi connectivity index (χ2n) is 10.2. The number of piperidine rings is 1. The smallest absolute Gasteiger partial charge is 0.338 e. The van der Waals surface area contributed by atoms with Crippen LogP contribution in [0.25, 0.3) is 5.69 Å². The van der Waals surface area contributed by atoms with Crippen LogP contribution in [0, 0.1) is 19.3 Å². The van der Waals surface area contributed by atoms with Crippen LogP contribution in [0.4, 0.5) is 5.82 Å². The van der Waals surface area contributed by atoms with E-state index in [2.05, 4.69) is 33.4 Å². The number of likely N-dealkylation sites (tertiary alicyclic amines) is 1. The van der Waals surface area contributed by atoms with Crippen LogP contribution < -0.4 is 4.90 Å².